The number of aryl methyl sites for hydroxylation is 1. The summed E-state index contributed by atoms with van der Waals surface area (Å²) in [6, 6.07) is 5.39. The first-order valence-electron chi connectivity index (χ1n) is 5.44. The van der Waals surface area contributed by atoms with Crippen LogP contribution in [0.25, 0.3) is 0 Å². The van der Waals surface area contributed by atoms with Gasteiger partial charge in [-0.15, -0.1) is 0 Å². The van der Waals surface area contributed by atoms with Crippen LogP contribution in [0.4, 0.5) is 4.39 Å². The highest BCUT2D eigenvalue weighted by Crippen LogP contribution is 2.33. The highest BCUT2D eigenvalue weighted by Gasteiger charge is 2.20. The molecule has 0 spiro atoms. The molecule has 1 aromatic carbocycles. The predicted octanol–water partition coefficient (Wildman–Crippen LogP) is 3.10. The molecule has 0 atom stereocenters. The van der Waals surface area contributed by atoms with Crippen molar-refractivity contribution in [2.45, 2.75) is 32.2 Å². The van der Waals surface area contributed by atoms with Gasteiger partial charge in [-0.25, -0.2) is 4.39 Å². The number of hydrogen-bond donors (Lipinski definition) is 2. The first kappa shape index (κ1) is 11.0. The maximum absolute atomic E-state index is 13.3. The highest BCUT2D eigenvalue weighted by atomic mass is 32.1. The van der Waals surface area contributed by atoms with Gasteiger partial charge in [-0.3, -0.25) is 4.72 Å². The molecule has 3 heteroatoms. The molecule has 0 unspecified atom stereocenters. The second-order valence-corrected chi connectivity index (χ2v) is 4.56. The third kappa shape index (κ3) is 3.21. The molecule has 1 fully saturated rings. The van der Waals surface area contributed by atoms with E-state index in [0.717, 1.165) is 12.3 Å². The smallest absolute Gasteiger partial charge is 0.127 e. The summed E-state index contributed by atoms with van der Waals surface area (Å²) in [5, 5.41) is 0. The van der Waals surface area contributed by atoms with Gasteiger partial charge in [0.2, 0.25) is 0 Å². The summed E-state index contributed by atoms with van der Waals surface area (Å²) in [5.74, 6) is 0.785. The molecule has 1 nitrogen and oxygen atoms in total. The lowest BCUT2D eigenvalue weighted by Crippen LogP contribution is -2.02. The molecule has 1 N–H and O–H groups in total. The van der Waals surface area contributed by atoms with E-state index < -0.39 is 0 Å². The molecule has 0 amide bonds. The lowest BCUT2D eigenvalue weighted by Gasteiger charge is -2.05. The van der Waals surface area contributed by atoms with Crippen molar-refractivity contribution in [2.75, 3.05) is 0 Å². The van der Waals surface area contributed by atoms with Crippen LogP contribution in [0.3, 0.4) is 0 Å². The second-order valence-electron chi connectivity index (χ2n) is 4.24. The first-order valence-corrected chi connectivity index (χ1v) is 5.88. The maximum Gasteiger partial charge on any atom is 0.127 e. The fraction of sp³-hybridized carbons (Fsp3) is 0.500. The number of thiol groups is 1. The number of hydrogen-bond acceptors (Lipinski definition) is 2. The molecule has 82 valence electrons. The van der Waals surface area contributed by atoms with E-state index in [4.69, 9.17) is 0 Å². The fourth-order valence-corrected chi connectivity index (χ4v) is 1.95. The molecular weight excluding hydrogens is 209 g/mol. The van der Waals surface area contributed by atoms with Crippen LogP contribution >= 0.6 is 12.8 Å². The van der Waals surface area contributed by atoms with Gasteiger partial charge in [0.1, 0.15) is 5.82 Å². The van der Waals surface area contributed by atoms with E-state index in [9.17, 15) is 4.39 Å². The zero-order valence-corrected chi connectivity index (χ0v) is 9.56. The quantitative estimate of drug-likeness (QED) is 0.734. The van der Waals surface area contributed by atoms with Gasteiger partial charge in [-0.1, -0.05) is 37.8 Å². The van der Waals surface area contributed by atoms with Crippen molar-refractivity contribution < 1.29 is 4.39 Å². The first-order chi connectivity index (χ1) is 7.29. The Bertz CT molecular complexity index is 336. The van der Waals surface area contributed by atoms with Gasteiger partial charge < -0.3 is 0 Å². The van der Waals surface area contributed by atoms with E-state index in [1.165, 1.54) is 24.8 Å². The highest BCUT2D eigenvalue weighted by molar-refractivity contribution is 7.78. The summed E-state index contributed by atoms with van der Waals surface area (Å²) in [7, 11) is 0. The molecular formula is C12H16FNS. The van der Waals surface area contributed by atoms with Crippen molar-refractivity contribution in [1.29, 1.82) is 0 Å². The molecule has 1 saturated carbocycles. The van der Waals surface area contributed by atoms with Crippen LogP contribution in [0.5, 0.6) is 0 Å². The van der Waals surface area contributed by atoms with Crippen molar-refractivity contribution in [3.8, 4) is 0 Å². The normalized spacial score (nSPS) is 15.6. The van der Waals surface area contributed by atoms with Crippen LogP contribution in [0.15, 0.2) is 18.2 Å². The van der Waals surface area contributed by atoms with E-state index >= 15 is 0 Å². The van der Waals surface area contributed by atoms with Crippen LogP contribution in [0.1, 0.15) is 30.4 Å². The molecule has 1 aliphatic rings. The lowest BCUT2D eigenvalue weighted by molar-refractivity contribution is 0.606. The van der Waals surface area contributed by atoms with E-state index in [-0.39, 0.29) is 5.82 Å². The summed E-state index contributed by atoms with van der Waals surface area (Å²) in [6.07, 6.45) is 5.09. The van der Waals surface area contributed by atoms with Crippen LogP contribution in [0, 0.1) is 11.7 Å². The van der Waals surface area contributed by atoms with E-state index in [1.807, 2.05) is 12.1 Å². The number of benzene rings is 1. The summed E-state index contributed by atoms with van der Waals surface area (Å²) in [5.41, 5.74) is 1.94. The van der Waals surface area contributed by atoms with Gasteiger partial charge in [-0.2, -0.15) is 0 Å². The Morgan fingerprint density at radius 3 is 2.87 bits per heavy atom. The Kier molecular flexibility index (Phi) is 3.65. The molecule has 1 aliphatic carbocycles. The second kappa shape index (κ2) is 4.99. The largest absolute Gasteiger partial charge is 0.262 e. The Morgan fingerprint density at radius 1 is 1.40 bits per heavy atom. The van der Waals surface area contributed by atoms with Crippen molar-refractivity contribution >= 4 is 12.8 Å². The van der Waals surface area contributed by atoms with Gasteiger partial charge in [0, 0.05) is 12.1 Å². The Morgan fingerprint density at radius 2 is 2.20 bits per heavy atom. The molecule has 1 aromatic rings. The number of nitrogens with one attached hydrogen (secondary N) is 1. The van der Waals surface area contributed by atoms with Crippen LogP contribution in [-0.4, -0.2) is 0 Å². The number of rotatable bonds is 5. The minimum atomic E-state index is -0.147. The minimum absolute atomic E-state index is 0.147. The minimum Gasteiger partial charge on any atom is -0.262 e. The SMILES string of the molecule is Fc1ccc(CCC2CC2)cc1CNS. The van der Waals surface area contributed by atoms with Crippen molar-refractivity contribution in [2.24, 2.45) is 5.92 Å². The van der Waals surface area contributed by atoms with E-state index in [2.05, 4.69) is 17.5 Å². The Labute approximate surface area is 95.6 Å². The summed E-state index contributed by atoms with van der Waals surface area (Å²) < 4.78 is 16.0. The molecule has 15 heavy (non-hydrogen) atoms. The molecule has 0 heterocycles. The van der Waals surface area contributed by atoms with Crippen LogP contribution in [-0.2, 0) is 13.0 Å². The van der Waals surface area contributed by atoms with Gasteiger partial charge in [0.25, 0.3) is 0 Å². The van der Waals surface area contributed by atoms with Gasteiger partial charge in [0.15, 0.2) is 0 Å². The third-order valence-electron chi connectivity index (χ3n) is 2.92. The molecule has 2 rings (SSSR count). The van der Waals surface area contributed by atoms with Gasteiger partial charge in [-0.05, 0) is 30.4 Å². The topological polar surface area (TPSA) is 12.0 Å². The molecule has 0 aliphatic heterocycles. The zero-order valence-electron chi connectivity index (χ0n) is 8.67. The third-order valence-corrected chi connectivity index (χ3v) is 3.08. The van der Waals surface area contributed by atoms with Crippen LogP contribution < -0.4 is 4.72 Å². The van der Waals surface area contributed by atoms with Crippen molar-refractivity contribution in [3.05, 3.63) is 35.1 Å². The van der Waals surface area contributed by atoms with Gasteiger partial charge >= 0.3 is 0 Å². The zero-order chi connectivity index (χ0) is 10.7. The average molecular weight is 225 g/mol. The van der Waals surface area contributed by atoms with Crippen LogP contribution in [0.2, 0.25) is 0 Å². The average Bonchev–Trinajstić information content (AvgIpc) is 3.03. The van der Waals surface area contributed by atoms with Crippen molar-refractivity contribution in [3.63, 3.8) is 0 Å². The summed E-state index contributed by atoms with van der Waals surface area (Å²) in [6.45, 7) is 0.478. The summed E-state index contributed by atoms with van der Waals surface area (Å²) in [4.78, 5) is 0. The monoisotopic (exact) mass is 225 g/mol. The van der Waals surface area contributed by atoms with E-state index in [0.29, 0.717) is 12.1 Å². The molecule has 0 bridgehead atoms. The Hall–Kier alpha value is -0.540. The summed E-state index contributed by atoms with van der Waals surface area (Å²) >= 11 is 3.89. The fourth-order valence-electron chi connectivity index (χ4n) is 1.78. The molecule has 0 saturated heterocycles. The van der Waals surface area contributed by atoms with Gasteiger partial charge in [0.05, 0.1) is 0 Å². The molecule has 0 aromatic heterocycles. The predicted molar refractivity (Wildman–Crippen MR) is 63.3 cm³/mol. The Balaban J connectivity index is 1.99. The van der Waals surface area contributed by atoms with Crippen molar-refractivity contribution in [1.82, 2.24) is 4.72 Å². The van der Waals surface area contributed by atoms with E-state index in [1.54, 1.807) is 6.07 Å². The maximum atomic E-state index is 13.3. The number of halogens is 1. The molecule has 0 radical (unpaired) electrons. The lowest BCUT2D eigenvalue weighted by atomic mass is 10.0. The standard InChI is InChI=1S/C12H16FNS/c13-12-6-5-10(4-3-9-1-2-9)7-11(12)8-14-15/h5-7,9,14-15H,1-4,8H2.